The fourth-order valence-corrected chi connectivity index (χ4v) is 2.65. The molecule has 0 aliphatic carbocycles. The van der Waals surface area contributed by atoms with E-state index in [4.69, 9.17) is 5.73 Å². The van der Waals surface area contributed by atoms with Crippen molar-refractivity contribution in [3.05, 3.63) is 29.8 Å². The largest absolute Gasteiger partial charge is 0.399 e. The Balaban J connectivity index is 2.20. The number of carbonyl (C=O) groups is 1. The van der Waals surface area contributed by atoms with Gasteiger partial charge in [-0.1, -0.05) is 19.4 Å². The maximum Gasteiger partial charge on any atom is 0.254 e. The topological polar surface area (TPSA) is 46.3 Å². The molecule has 1 aromatic carbocycles. The number of likely N-dealkylation sites (tertiary alicyclic amines) is 1. The average molecular weight is 246 g/mol. The van der Waals surface area contributed by atoms with Gasteiger partial charge in [-0.15, -0.1) is 0 Å². The van der Waals surface area contributed by atoms with Crippen LogP contribution < -0.4 is 5.73 Å². The van der Waals surface area contributed by atoms with E-state index in [1.165, 1.54) is 12.8 Å². The number of nitrogens with zero attached hydrogens (tertiary/aromatic N) is 1. The second kappa shape index (κ2) is 5.42. The first kappa shape index (κ1) is 12.9. The zero-order valence-corrected chi connectivity index (χ0v) is 11.2. The first-order chi connectivity index (χ1) is 8.58. The van der Waals surface area contributed by atoms with E-state index >= 15 is 0 Å². The van der Waals surface area contributed by atoms with E-state index in [9.17, 15) is 4.79 Å². The molecule has 98 valence electrons. The first-order valence-corrected chi connectivity index (χ1v) is 6.74. The monoisotopic (exact) mass is 246 g/mol. The van der Waals surface area contributed by atoms with Gasteiger partial charge in [-0.25, -0.2) is 0 Å². The van der Waals surface area contributed by atoms with E-state index < -0.39 is 0 Å². The van der Waals surface area contributed by atoms with E-state index in [1.54, 1.807) is 6.07 Å². The zero-order valence-electron chi connectivity index (χ0n) is 11.2. The van der Waals surface area contributed by atoms with Gasteiger partial charge in [-0.05, 0) is 43.9 Å². The summed E-state index contributed by atoms with van der Waals surface area (Å²) in [6, 6.07) is 7.59. The summed E-state index contributed by atoms with van der Waals surface area (Å²) in [4.78, 5) is 14.5. The Bertz CT molecular complexity index is 430. The highest BCUT2D eigenvalue weighted by Crippen LogP contribution is 2.22. The van der Waals surface area contributed by atoms with Crippen molar-refractivity contribution in [3.63, 3.8) is 0 Å². The van der Waals surface area contributed by atoms with Crippen LogP contribution in [0, 0.1) is 5.92 Å². The lowest BCUT2D eigenvalue weighted by atomic mass is 10.1. The van der Waals surface area contributed by atoms with Crippen LogP contribution in [0.4, 0.5) is 5.69 Å². The fraction of sp³-hybridized carbons (Fsp3) is 0.533. The number of benzene rings is 1. The highest BCUT2D eigenvalue weighted by atomic mass is 16.2. The number of rotatable bonds is 1. The molecule has 0 spiro atoms. The Labute approximate surface area is 109 Å². The van der Waals surface area contributed by atoms with Gasteiger partial charge in [0.2, 0.25) is 0 Å². The lowest BCUT2D eigenvalue weighted by molar-refractivity contribution is 0.0677. The number of carbonyl (C=O) groups excluding carboxylic acids is 1. The molecule has 1 aromatic rings. The summed E-state index contributed by atoms with van der Waals surface area (Å²) in [5.74, 6) is 0.698. The van der Waals surface area contributed by atoms with Gasteiger partial charge in [-0.2, -0.15) is 0 Å². The number of hydrogen-bond acceptors (Lipinski definition) is 2. The molecule has 3 heteroatoms. The summed E-state index contributed by atoms with van der Waals surface area (Å²) >= 11 is 0. The molecule has 2 unspecified atom stereocenters. The molecule has 1 fully saturated rings. The third-order valence-corrected chi connectivity index (χ3v) is 3.75. The molecule has 1 aliphatic rings. The Morgan fingerprint density at radius 1 is 1.33 bits per heavy atom. The second-order valence-corrected chi connectivity index (χ2v) is 5.47. The molecule has 0 bridgehead atoms. The first-order valence-electron chi connectivity index (χ1n) is 6.74. The van der Waals surface area contributed by atoms with E-state index in [1.807, 2.05) is 23.1 Å². The molecule has 1 saturated heterocycles. The van der Waals surface area contributed by atoms with E-state index in [2.05, 4.69) is 13.8 Å². The van der Waals surface area contributed by atoms with Crippen LogP contribution in [-0.2, 0) is 0 Å². The summed E-state index contributed by atoms with van der Waals surface area (Å²) in [7, 11) is 0. The minimum atomic E-state index is 0.114. The van der Waals surface area contributed by atoms with Crippen LogP contribution in [0.15, 0.2) is 24.3 Å². The number of amides is 1. The van der Waals surface area contributed by atoms with Crippen molar-refractivity contribution >= 4 is 11.6 Å². The minimum absolute atomic E-state index is 0.114. The summed E-state index contributed by atoms with van der Waals surface area (Å²) in [6.45, 7) is 5.22. The molecular weight excluding hydrogens is 224 g/mol. The summed E-state index contributed by atoms with van der Waals surface area (Å²) in [5.41, 5.74) is 7.10. The van der Waals surface area contributed by atoms with Crippen LogP contribution in [-0.4, -0.2) is 23.4 Å². The molecule has 1 aliphatic heterocycles. The predicted octanol–water partition coefficient (Wildman–Crippen LogP) is 2.92. The fourth-order valence-electron chi connectivity index (χ4n) is 2.65. The van der Waals surface area contributed by atoms with Gasteiger partial charge in [0.15, 0.2) is 0 Å². The van der Waals surface area contributed by atoms with Gasteiger partial charge in [0.1, 0.15) is 0 Å². The molecule has 2 atom stereocenters. The van der Waals surface area contributed by atoms with Gasteiger partial charge in [0.25, 0.3) is 5.91 Å². The van der Waals surface area contributed by atoms with Crippen LogP contribution in [0.3, 0.4) is 0 Å². The van der Waals surface area contributed by atoms with Gasteiger partial charge >= 0.3 is 0 Å². The Hall–Kier alpha value is -1.51. The van der Waals surface area contributed by atoms with Gasteiger partial charge in [0.05, 0.1) is 0 Å². The maximum atomic E-state index is 12.5. The SMILES string of the molecule is CC1CCCC(C)N(C(=O)c2cccc(N)c2)C1. The average Bonchev–Trinajstić information content (AvgIpc) is 2.50. The van der Waals surface area contributed by atoms with E-state index in [0.717, 1.165) is 13.0 Å². The zero-order chi connectivity index (χ0) is 13.1. The molecule has 1 amide bonds. The third kappa shape index (κ3) is 2.84. The van der Waals surface area contributed by atoms with Gasteiger partial charge in [-0.3, -0.25) is 4.79 Å². The Kier molecular flexibility index (Phi) is 3.90. The third-order valence-electron chi connectivity index (χ3n) is 3.75. The lowest BCUT2D eigenvalue weighted by Gasteiger charge is -2.28. The molecule has 0 aromatic heterocycles. The Morgan fingerprint density at radius 3 is 2.83 bits per heavy atom. The minimum Gasteiger partial charge on any atom is -0.399 e. The summed E-state index contributed by atoms with van der Waals surface area (Å²) < 4.78 is 0. The predicted molar refractivity (Wildman–Crippen MR) is 74.4 cm³/mol. The summed E-state index contributed by atoms with van der Waals surface area (Å²) in [5, 5.41) is 0. The van der Waals surface area contributed by atoms with Crippen LogP contribution in [0.25, 0.3) is 0 Å². The van der Waals surface area contributed by atoms with E-state index in [0.29, 0.717) is 23.2 Å². The maximum absolute atomic E-state index is 12.5. The molecule has 2 rings (SSSR count). The normalized spacial score (nSPS) is 24.7. The van der Waals surface area contributed by atoms with Crippen molar-refractivity contribution in [1.82, 2.24) is 4.90 Å². The van der Waals surface area contributed by atoms with E-state index in [-0.39, 0.29) is 5.91 Å². The highest BCUT2D eigenvalue weighted by molar-refractivity contribution is 5.95. The Morgan fingerprint density at radius 2 is 2.11 bits per heavy atom. The molecule has 2 N–H and O–H groups in total. The van der Waals surface area contributed by atoms with Crippen LogP contribution in [0.5, 0.6) is 0 Å². The van der Waals surface area contributed by atoms with Crippen molar-refractivity contribution in [3.8, 4) is 0 Å². The van der Waals surface area contributed by atoms with Crippen molar-refractivity contribution in [2.75, 3.05) is 12.3 Å². The molecule has 0 saturated carbocycles. The van der Waals surface area contributed by atoms with Gasteiger partial charge in [0, 0.05) is 23.8 Å². The highest BCUT2D eigenvalue weighted by Gasteiger charge is 2.25. The standard InChI is InChI=1S/C15H22N2O/c1-11-5-3-6-12(2)17(10-11)15(18)13-7-4-8-14(16)9-13/h4,7-9,11-12H,3,5-6,10,16H2,1-2H3. The second-order valence-electron chi connectivity index (χ2n) is 5.47. The smallest absolute Gasteiger partial charge is 0.254 e. The van der Waals surface area contributed by atoms with Crippen LogP contribution in [0.2, 0.25) is 0 Å². The molecule has 1 heterocycles. The summed E-state index contributed by atoms with van der Waals surface area (Å²) in [6.07, 6.45) is 3.52. The quantitative estimate of drug-likeness (QED) is 0.774. The number of anilines is 1. The van der Waals surface area contributed by atoms with Crippen molar-refractivity contribution < 1.29 is 4.79 Å². The van der Waals surface area contributed by atoms with Crippen LogP contribution in [0.1, 0.15) is 43.5 Å². The number of nitrogen functional groups attached to an aromatic ring is 1. The molecule has 3 nitrogen and oxygen atoms in total. The number of hydrogen-bond donors (Lipinski definition) is 1. The lowest BCUT2D eigenvalue weighted by Crippen LogP contribution is -2.39. The van der Waals surface area contributed by atoms with Crippen molar-refractivity contribution in [1.29, 1.82) is 0 Å². The molecular formula is C15H22N2O. The molecule has 18 heavy (non-hydrogen) atoms. The van der Waals surface area contributed by atoms with Gasteiger partial charge < -0.3 is 10.6 Å². The molecule has 0 radical (unpaired) electrons. The van der Waals surface area contributed by atoms with Crippen LogP contribution >= 0.6 is 0 Å². The van der Waals surface area contributed by atoms with Crippen molar-refractivity contribution in [2.45, 2.75) is 39.2 Å². The number of nitrogens with two attached hydrogens (primary N) is 1. The van der Waals surface area contributed by atoms with Crippen molar-refractivity contribution in [2.24, 2.45) is 5.92 Å².